The maximum absolute atomic E-state index is 13.2. The highest BCUT2D eigenvalue weighted by molar-refractivity contribution is 5.80. The van der Waals surface area contributed by atoms with E-state index < -0.39 is 11.7 Å². The van der Waals surface area contributed by atoms with Crippen molar-refractivity contribution in [2.45, 2.75) is 45.2 Å². The standard InChI is InChI=1S/C25H28F3N3O/c1-3-20-24(30(14-16-7-8-16)15-17-9-10-17)22-6-4-5-21(31(22)29-20)19-12-11-18(25(26,27)28)13-23(19)32-2/h4-6,11-13,16-17H,3,7-10,14-15H2,1-2H3. The number of halogens is 3. The second-order valence-electron chi connectivity index (χ2n) is 9.06. The summed E-state index contributed by atoms with van der Waals surface area (Å²) in [5, 5.41) is 4.93. The molecule has 32 heavy (non-hydrogen) atoms. The van der Waals surface area contributed by atoms with Gasteiger partial charge in [0, 0.05) is 18.7 Å². The zero-order chi connectivity index (χ0) is 22.5. The number of hydrogen-bond donors (Lipinski definition) is 0. The molecule has 0 saturated heterocycles. The fraction of sp³-hybridized carbons (Fsp3) is 0.480. The first-order valence-electron chi connectivity index (χ1n) is 11.4. The summed E-state index contributed by atoms with van der Waals surface area (Å²) in [5.41, 5.74) is 3.82. The van der Waals surface area contributed by atoms with Crippen molar-refractivity contribution in [2.24, 2.45) is 11.8 Å². The van der Waals surface area contributed by atoms with Gasteiger partial charge in [-0.3, -0.25) is 0 Å². The molecule has 5 rings (SSSR count). The van der Waals surface area contributed by atoms with Gasteiger partial charge >= 0.3 is 6.18 Å². The molecular formula is C25H28F3N3O. The Morgan fingerprint density at radius 3 is 2.31 bits per heavy atom. The van der Waals surface area contributed by atoms with Crippen molar-refractivity contribution in [3.05, 3.63) is 47.7 Å². The highest BCUT2D eigenvalue weighted by Crippen LogP contribution is 2.41. The molecule has 3 aromatic rings. The van der Waals surface area contributed by atoms with E-state index in [0.29, 0.717) is 5.56 Å². The summed E-state index contributed by atoms with van der Waals surface area (Å²) in [6.45, 7) is 4.22. The van der Waals surface area contributed by atoms with E-state index in [4.69, 9.17) is 9.84 Å². The van der Waals surface area contributed by atoms with Gasteiger partial charge in [0.15, 0.2) is 0 Å². The molecule has 2 saturated carbocycles. The van der Waals surface area contributed by atoms with E-state index in [-0.39, 0.29) is 5.75 Å². The van der Waals surface area contributed by atoms with E-state index in [0.717, 1.165) is 60.4 Å². The molecule has 170 valence electrons. The van der Waals surface area contributed by atoms with Crippen LogP contribution in [0.3, 0.4) is 0 Å². The fourth-order valence-electron chi connectivity index (χ4n) is 4.45. The van der Waals surface area contributed by atoms with Crippen LogP contribution in [0.4, 0.5) is 18.9 Å². The largest absolute Gasteiger partial charge is 0.496 e. The van der Waals surface area contributed by atoms with Crippen molar-refractivity contribution in [3.63, 3.8) is 0 Å². The second kappa shape index (κ2) is 8.01. The van der Waals surface area contributed by atoms with Gasteiger partial charge in [0.1, 0.15) is 5.75 Å². The number of aryl methyl sites for hydroxylation is 1. The van der Waals surface area contributed by atoms with Crippen molar-refractivity contribution < 1.29 is 17.9 Å². The Hall–Kier alpha value is -2.70. The maximum Gasteiger partial charge on any atom is 0.416 e. The van der Waals surface area contributed by atoms with Crippen LogP contribution in [0.5, 0.6) is 5.75 Å². The third kappa shape index (κ3) is 4.05. The molecule has 2 heterocycles. The van der Waals surface area contributed by atoms with Crippen molar-refractivity contribution in [1.82, 2.24) is 9.61 Å². The van der Waals surface area contributed by atoms with Crippen molar-refractivity contribution >= 4 is 11.2 Å². The lowest BCUT2D eigenvalue weighted by Crippen LogP contribution is -2.28. The zero-order valence-corrected chi connectivity index (χ0v) is 18.5. The monoisotopic (exact) mass is 443 g/mol. The Balaban J connectivity index is 1.63. The minimum absolute atomic E-state index is 0.190. The SMILES string of the molecule is CCc1nn2c(-c3ccc(C(F)(F)F)cc3OC)cccc2c1N(CC1CC1)CC1CC1. The molecule has 0 unspecified atom stereocenters. The summed E-state index contributed by atoms with van der Waals surface area (Å²) in [5.74, 6) is 1.70. The lowest BCUT2D eigenvalue weighted by molar-refractivity contribution is -0.137. The number of rotatable bonds is 8. The third-order valence-electron chi connectivity index (χ3n) is 6.51. The molecule has 0 aliphatic heterocycles. The topological polar surface area (TPSA) is 29.8 Å². The number of ether oxygens (including phenoxy) is 1. The number of fused-ring (bicyclic) bond motifs is 1. The van der Waals surface area contributed by atoms with Crippen LogP contribution in [0.15, 0.2) is 36.4 Å². The normalized spacial score (nSPS) is 16.5. The molecule has 1 aromatic carbocycles. The molecule has 0 radical (unpaired) electrons. The van der Waals surface area contributed by atoms with Gasteiger partial charge in [-0.05, 0) is 74.3 Å². The second-order valence-corrected chi connectivity index (χ2v) is 9.06. The van der Waals surface area contributed by atoms with Gasteiger partial charge in [-0.15, -0.1) is 0 Å². The molecule has 2 aromatic heterocycles. The number of anilines is 1. The van der Waals surface area contributed by atoms with E-state index in [9.17, 15) is 13.2 Å². The number of alkyl halides is 3. The Morgan fingerprint density at radius 2 is 1.75 bits per heavy atom. The summed E-state index contributed by atoms with van der Waals surface area (Å²) < 4.78 is 46.9. The molecule has 2 aliphatic rings. The summed E-state index contributed by atoms with van der Waals surface area (Å²) in [6, 6.07) is 9.56. The van der Waals surface area contributed by atoms with Gasteiger partial charge in [-0.2, -0.15) is 18.3 Å². The summed E-state index contributed by atoms with van der Waals surface area (Å²) >= 11 is 0. The number of hydrogen-bond acceptors (Lipinski definition) is 3. The van der Waals surface area contributed by atoms with Gasteiger partial charge in [0.25, 0.3) is 0 Å². The number of benzene rings is 1. The molecule has 0 amide bonds. The summed E-state index contributed by atoms with van der Waals surface area (Å²) in [6.07, 6.45) is 1.53. The number of pyridine rings is 1. The summed E-state index contributed by atoms with van der Waals surface area (Å²) in [7, 11) is 1.40. The molecule has 4 nitrogen and oxygen atoms in total. The zero-order valence-electron chi connectivity index (χ0n) is 18.5. The molecule has 0 spiro atoms. The van der Waals surface area contributed by atoms with Gasteiger partial charge < -0.3 is 9.64 Å². The van der Waals surface area contributed by atoms with Gasteiger partial charge in [-0.25, -0.2) is 4.52 Å². The highest BCUT2D eigenvalue weighted by Gasteiger charge is 2.33. The quantitative estimate of drug-likeness (QED) is 0.414. The van der Waals surface area contributed by atoms with Gasteiger partial charge in [0.05, 0.1) is 35.3 Å². The third-order valence-corrected chi connectivity index (χ3v) is 6.51. The average molecular weight is 444 g/mol. The Morgan fingerprint density at radius 1 is 1.06 bits per heavy atom. The smallest absolute Gasteiger partial charge is 0.416 e. The maximum atomic E-state index is 13.2. The van der Waals surface area contributed by atoms with E-state index in [2.05, 4.69) is 17.9 Å². The Kier molecular flexibility index (Phi) is 5.30. The van der Waals surface area contributed by atoms with Crippen LogP contribution in [-0.2, 0) is 12.6 Å². The van der Waals surface area contributed by atoms with Crippen molar-refractivity contribution in [2.75, 3.05) is 25.1 Å². The fourth-order valence-corrected chi connectivity index (χ4v) is 4.45. The van der Waals surface area contributed by atoms with Crippen molar-refractivity contribution in [3.8, 4) is 17.0 Å². The summed E-state index contributed by atoms with van der Waals surface area (Å²) in [4.78, 5) is 2.52. The van der Waals surface area contributed by atoms with Crippen LogP contribution in [0.2, 0.25) is 0 Å². The first-order chi connectivity index (χ1) is 15.4. The van der Waals surface area contributed by atoms with Crippen LogP contribution >= 0.6 is 0 Å². The van der Waals surface area contributed by atoms with Crippen LogP contribution in [0.25, 0.3) is 16.8 Å². The van der Waals surface area contributed by atoms with Gasteiger partial charge in [0.2, 0.25) is 0 Å². The first kappa shape index (κ1) is 21.2. The molecule has 0 bridgehead atoms. The molecule has 2 fully saturated rings. The molecule has 0 N–H and O–H groups in total. The van der Waals surface area contributed by atoms with Crippen molar-refractivity contribution in [1.29, 1.82) is 0 Å². The number of nitrogens with zero attached hydrogens (tertiary/aromatic N) is 3. The lowest BCUT2D eigenvalue weighted by Gasteiger charge is -2.25. The highest BCUT2D eigenvalue weighted by atomic mass is 19.4. The van der Waals surface area contributed by atoms with E-state index in [1.54, 1.807) is 0 Å². The molecule has 2 aliphatic carbocycles. The van der Waals surface area contributed by atoms with Crippen LogP contribution < -0.4 is 9.64 Å². The van der Waals surface area contributed by atoms with E-state index in [1.807, 2.05) is 16.6 Å². The first-order valence-corrected chi connectivity index (χ1v) is 11.4. The predicted octanol–water partition coefficient (Wildman–Crippen LogP) is 6.22. The van der Waals surface area contributed by atoms with E-state index in [1.165, 1.54) is 44.5 Å². The van der Waals surface area contributed by atoms with Gasteiger partial charge in [-0.1, -0.05) is 13.0 Å². The van der Waals surface area contributed by atoms with E-state index >= 15 is 0 Å². The lowest BCUT2D eigenvalue weighted by atomic mass is 10.1. The predicted molar refractivity (Wildman–Crippen MR) is 119 cm³/mol. The molecule has 7 heteroatoms. The Bertz CT molecular complexity index is 1120. The molecular weight excluding hydrogens is 415 g/mol. The molecule has 0 atom stereocenters. The average Bonchev–Trinajstić information content (AvgIpc) is 3.71. The Labute approximate surface area is 186 Å². The minimum atomic E-state index is -4.42. The van der Waals surface area contributed by atoms with Crippen LogP contribution in [0, 0.1) is 11.8 Å². The number of aromatic nitrogens is 2. The van der Waals surface area contributed by atoms with Crippen LogP contribution in [0.1, 0.15) is 43.9 Å². The minimum Gasteiger partial charge on any atom is -0.496 e. The number of methoxy groups -OCH3 is 1. The van der Waals surface area contributed by atoms with Crippen LogP contribution in [-0.4, -0.2) is 29.8 Å².